The summed E-state index contributed by atoms with van der Waals surface area (Å²) in [6.07, 6.45) is 0.315. The summed E-state index contributed by atoms with van der Waals surface area (Å²) in [4.78, 5) is 20.6. The molecule has 0 spiro atoms. The molecule has 11 heavy (non-hydrogen) atoms. The van der Waals surface area contributed by atoms with E-state index in [1.165, 1.54) is 0 Å². The van der Waals surface area contributed by atoms with Gasteiger partial charge in [-0.15, -0.1) is 0 Å². The fourth-order valence-electron chi connectivity index (χ4n) is 0.670. The smallest absolute Gasteiger partial charge is 0.225 e. The second-order valence-corrected chi connectivity index (χ2v) is 1.85. The number of aldehydes is 1. The Bertz CT molecular complexity index is 241. The van der Waals surface area contributed by atoms with E-state index in [4.69, 9.17) is 0 Å². The number of carbonyl (C=O) groups excluding carboxylic acids is 2. The topological polar surface area (TPSA) is 65.6 Å². The highest BCUT2D eigenvalue weighted by Crippen LogP contribution is 1.96. The summed E-state index contributed by atoms with van der Waals surface area (Å²) >= 11 is 0. The normalized spacial score (nSPS) is 8.00. The standard InChI is InChI=1S/C8H6O2.H2O/c9-6-8(10)7-4-2-1-3-5-7;/h1-6H;1H2. The van der Waals surface area contributed by atoms with Gasteiger partial charge in [0.05, 0.1) is 0 Å². The van der Waals surface area contributed by atoms with Crippen molar-refractivity contribution in [3.05, 3.63) is 35.9 Å². The minimum absolute atomic E-state index is 0. The average Bonchev–Trinajstić information content (AvgIpc) is 2.05. The molecule has 3 heteroatoms. The molecule has 58 valence electrons. The molecule has 0 fully saturated rings. The number of benzene rings is 1. The van der Waals surface area contributed by atoms with Gasteiger partial charge in [0.1, 0.15) is 0 Å². The highest BCUT2D eigenvalue weighted by molar-refractivity contribution is 6.33. The van der Waals surface area contributed by atoms with Crippen molar-refractivity contribution in [1.29, 1.82) is 0 Å². The number of ketones is 1. The largest absolute Gasteiger partial charge is 0.412 e. The molecule has 0 bridgehead atoms. The summed E-state index contributed by atoms with van der Waals surface area (Å²) in [6, 6.07) is 8.45. The molecule has 0 aliphatic rings. The fraction of sp³-hybridized carbons (Fsp3) is 0. The van der Waals surface area contributed by atoms with Gasteiger partial charge < -0.3 is 5.48 Å². The van der Waals surface area contributed by atoms with Gasteiger partial charge in [0.25, 0.3) is 0 Å². The van der Waals surface area contributed by atoms with Crippen LogP contribution in [0.25, 0.3) is 0 Å². The maximum atomic E-state index is 10.6. The first-order chi connectivity index (χ1) is 4.84. The first kappa shape index (κ1) is 9.52. The molecule has 0 saturated carbocycles. The van der Waals surface area contributed by atoms with Crippen LogP contribution in [0.1, 0.15) is 10.4 Å². The van der Waals surface area contributed by atoms with Crippen LogP contribution < -0.4 is 0 Å². The van der Waals surface area contributed by atoms with Crippen molar-refractivity contribution in [1.82, 2.24) is 0 Å². The molecule has 0 saturated heterocycles. The van der Waals surface area contributed by atoms with Crippen molar-refractivity contribution in [3.63, 3.8) is 0 Å². The van der Waals surface area contributed by atoms with Crippen LogP contribution in [0.15, 0.2) is 30.3 Å². The van der Waals surface area contributed by atoms with E-state index in [2.05, 4.69) is 0 Å². The highest BCUT2D eigenvalue weighted by atomic mass is 16.2. The summed E-state index contributed by atoms with van der Waals surface area (Å²) in [5.41, 5.74) is 0.442. The molecule has 0 aliphatic carbocycles. The Balaban J connectivity index is 0.000001000. The van der Waals surface area contributed by atoms with Gasteiger partial charge in [-0.3, -0.25) is 9.59 Å². The van der Waals surface area contributed by atoms with E-state index in [0.717, 1.165) is 0 Å². The molecule has 0 atom stereocenters. The fourth-order valence-corrected chi connectivity index (χ4v) is 0.670. The lowest BCUT2D eigenvalue weighted by molar-refractivity contribution is -0.104. The molecule has 0 aliphatic heterocycles. The predicted molar refractivity (Wildman–Crippen MR) is 40.5 cm³/mol. The lowest BCUT2D eigenvalue weighted by Crippen LogP contribution is -1.97. The molecular formula is C8H8O3. The van der Waals surface area contributed by atoms with E-state index in [-0.39, 0.29) is 5.48 Å². The van der Waals surface area contributed by atoms with Crippen molar-refractivity contribution in [2.75, 3.05) is 0 Å². The maximum Gasteiger partial charge on any atom is 0.225 e. The Morgan fingerprint density at radius 2 is 1.73 bits per heavy atom. The molecule has 0 unspecified atom stereocenters. The van der Waals surface area contributed by atoms with Gasteiger partial charge >= 0.3 is 0 Å². The molecule has 2 N–H and O–H groups in total. The predicted octanol–water partition coefficient (Wildman–Crippen LogP) is 0.244. The van der Waals surface area contributed by atoms with Gasteiger partial charge in [-0.2, -0.15) is 0 Å². The third kappa shape index (κ3) is 2.31. The quantitative estimate of drug-likeness (QED) is 0.346. The van der Waals surface area contributed by atoms with Gasteiger partial charge in [-0.25, -0.2) is 0 Å². The zero-order valence-electron chi connectivity index (χ0n) is 5.78. The first-order valence-electron chi connectivity index (χ1n) is 2.89. The number of carbonyl (C=O) groups is 2. The summed E-state index contributed by atoms with van der Waals surface area (Å²) in [5, 5.41) is 0. The molecule has 1 aromatic carbocycles. The van der Waals surface area contributed by atoms with Crippen LogP contribution in [0.3, 0.4) is 0 Å². The summed E-state index contributed by atoms with van der Waals surface area (Å²) < 4.78 is 0. The summed E-state index contributed by atoms with van der Waals surface area (Å²) in [6.45, 7) is 0. The highest BCUT2D eigenvalue weighted by Gasteiger charge is 1.99. The number of hydrogen-bond acceptors (Lipinski definition) is 2. The van der Waals surface area contributed by atoms with Crippen molar-refractivity contribution in [3.8, 4) is 0 Å². The van der Waals surface area contributed by atoms with E-state index < -0.39 is 5.78 Å². The second-order valence-electron chi connectivity index (χ2n) is 1.85. The van der Waals surface area contributed by atoms with Gasteiger partial charge in [0.2, 0.25) is 5.78 Å². The number of hydrogen-bond donors (Lipinski definition) is 0. The SMILES string of the molecule is O.O=CC(=O)c1ccccc1. The van der Waals surface area contributed by atoms with Crippen molar-refractivity contribution in [2.24, 2.45) is 0 Å². The summed E-state index contributed by atoms with van der Waals surface area (Å²) in [5.74, 6) is -0.472. The molecule has 0 heterocycles. The van der Waals surface area contributed by atoms with E-state index >= 15 is 0 Å². The van der Waals surface area contributed by atoms with Crippen LogP contribution >= 0.6 is 0 Å². The average molecular weight is 152 g/mol. The van der Waals surface area contributed by atoms with Crippen molar-refractivity contribution >= 4 is 12.1 Å². The van der Waals surface area contributed by atoms with Gasteiger partial charge in [-0.05, 0) is 0 Å². The first-order valence-corrected chi connectivity index (χ1v) is 2.89. The molecule has 0 radical (unpaired) electrons. The second kappa shape index (κ2) is 4.35. The minimum Gasteiger partial charge on any atom is -0.412 e. The number of Topliss-reactive ketones (excluding diaryl/α,β-unsaturated/α-hetero) is 1. The Labute approximate surface area is 64.0 Å². The lowest BCUT2D eigenvalue weighted by Gasteiger charge is -1.88. The number of rotatable bonds is 2. The molecule has 3 nitrogen and oxygen atoms in total. The Morgan fingerprint density at radius 1 is 1.18 bits per heavy atom. The van der Waals surface area contributed by atoms with Crippen LogP contribution in [-0.4, -0.2) is 17.5 Å². The lowest BCUT2D eigenvalue weighted by atomic mass is 10.1. The van der Waals surface area contributed by atoms with Gasteiger partial charge in [-0.1, -0.05) is 30.3 Å². The van der Waals surface area contributed by atoms with E-state index in [1.807, 2.05) is 0 Å². The third-order valence-electron chi connectivity index (χ3n) is 1.17. The third-order valence-corrected chi connectivity index (χ3v) is 1.17. The van der Waals surface area contributed by atoms with Crippen LogP contribution in [0.2, 0.25) is 0 Å². The van der Waals surface area contributed by atoms with Gasteiger partial charge in [0.15, 0.2) is 6.29 Å². The Hall–Kier alpha value is -1.48. The molecular weight excluding hydrogens is 144 g/mol. The van der Waals surface area contributed by atoms with Crippen LogP contribution in [-0.2, 0) is 4.79 Å². The zero-order chi connectivity index (χ0) is 7.40. The molecule has 1 rings (SSSR count). The van der Waals surface area contributed by atoms with Crippen LogP contribution in [0.4, 0.5) is 0 Å². The Kier molecular flexibility index (Phi) is 3.77. The Morgan fingerprint density at radius 3 is 2.18 bits per heavy atom. The maximum absolute atomic E-state index is 10.6. The molecule has 0 amide bonds. The van der Waals surface area contributed by atoms with Crippen molar-refractivity contribution in [2.45, 2.75) is 0 Å². The monoisotopic (exact) mass is 152 g/mol. The zero-order valence-corrected chi connectivity index (χ0v) is 5.78. The minimum atomic E-state index is -0.472. The molecule has 1 aromatic rings. The summed E-state index contributed by atoms with van der Waals surface area (Å²) in [7, 11) is 0. The van der Waals surface area contributed by atoms with Crippen LogP contribution in [0, 0.1) is 0 Å². The van der Waals surface area contributed by atoms with Crippen molar-refractivity contribution < 1.29 is 15.1 Å². The van der Waals surface area contributed by atoms with Gasteiger partial charge in [0, 0.05) is 5.56 Å². The van der Waals surface area contributed by atoms with E-state index in [9.17, 15) is 9.59 Å². The van der Waals surface area contributed by atoms with Crippen LogP contribution in [0.5, 0.6) is 0 Å². The molecule has 0 aromatic heterocycles. The van der Waals surface area contributed by atoms with E-state index in [0.29, 0.717) is 11.8 Å². The van der Waals surface area contributed by atoms with E-state index in [1.54, 1.807) is 30.3 Å².